The van der Waals surface area contributed by atoms with Gasteiger partial charge in [-0.15, -0.1) is 0 Å². The number of benzene rings is 2. The third-order valence-electron chi connectivity index (χ3n) is 3.81. The number of halogens is 1. The molecule has 0 saturated heterocycles. The second-order valence-corrected chi connectivity index (χ2v) is 5.88. The Labute approximate surface area is 156 Å². The molecule has 3 rings (SSSR count). The zero-order valence-electron chi connectivity index (χ0n) is 14.4. The molecule has 0 radical (unpaired) electrons. The molecule has 0 aliphatic carbocycles. The molecule has 3 aromatic rings. The zero-order valence-corrected chi connectivity index (χ0v) is 15.1. The number of nitrogens with one attached hydrogen (secondary N) is 2. The van der Waals surface area contributed by atoms with Gasteiger partial charge in [-0.2, -0.15) is 0 Å². The summed E-state index contributed by atoms with van der Waals surface area (Å²) in [6.45, 7) is 0.320. The number of ether oxygens (including phenoxy) is 1. The normalized spacial score (nSPS) is 10.4. The van der Waals surface area contributed by atoms with Crippen molar-refractivity contribution in [1.82, 2.24) is 10.3 Å². The summed E-state index contributed by atoms with van der Waals surface area (Å²) in [7, 11) is 3.18. The van der Waals surface area contributed by atoms with Gasteiger partial charge in [0.25, 0.3) is 5.91 Å². The highest BCUT2D eigenvalue weighted by molar-refractivity contribution is 6.31. The molecule has 0 bridgehead atoms. The van der Waals surface area contributed by atoms with Gasteiger partial charge in [-0.1, -0.05) is 23.7 Å². The van der Waals surface area contributed by atoms with E-state index in [-0.39, 0.29) is 5.91 Å². The van der Waals surface area contributed by atoms with E-state index in [4.69, 9.17) is 20.8 Å². The minimum atomic E-state index is -0.225. The fraction of sp³-hybridized carbons (Fsp3) is 0.158. The number of hydrogen-bond donors (Lipinski definition) is 2. The Morgan fingerprint density at radius 2 is 2.08 bits per heavy atom. The molecule has 0 saturated carbocycles. The van der Waals surface area contributed by atoms with Crippen LogP contribution in [0.4, 0.5) is 5.69 Å². The van der Waals surface area contributed by atoms with Crippen LogP contribution in [0.5, 0.6) is 5.75 Å². The summed E-state index contributed by atoms with van der Waals surface area (Å²) >= 11 is 5.98. The molecule has 134 valence electrons. The number of carbonyl (C=O) groups is 1. The van der Waals surface area contributed by atoms with Crippen LogP contribution < -0.4 is 15.4 Å². The van der Waals surface area contributed by atoms with Crippen molar-refractivity contribution in [1.29, 1.82) is 0 Å². The molecule has 2 N–H and O–H groups in total. The first kappa shape index (κ1) is 17.8. The van der Waals surface area contributed by atoms with Crippen LogP contribution in [-0.4, -0.2) is 25.0 Å². The smallest absolute Gasteiger partial charge is 0.253 e. The number of amides is 1. The van der Waals surface area contributed by atoms with Crippen molar-refractivity contribution in [3.05, 3.63) is 65.1 Å². The Balaban J connectivity index is 1.78. The van der Waals surface area contributed by atoms with E-state index in [1.54, 1.807) is 38.6 Å². The zero-order chi connectivity index (χ0) is 18.5. The number of para-hydroxylation sites is 1. The summed E-state index contributed by atoms with van der Waals surface area (Å²) in [5.74, 6) is 1.59. The van der Waals surface area contributed by atoms with Crippen molar-refractivity contribution >= 4 is 23.2 Å². The van der Waals surface area contributed by atoms with Crippen LogP contribution in [0, 0.1) is 0 Å². The van der Waals surface area contributed by atoms with Crippen LogP contribution >= 0.6 is 11.6 Å². The van der Waals surface area contributed by atoms with Gasteiger partial charge in [0.2, 0.25) is 5.89 Å². The van der Waals surface area contributed by atoms with Crippen LogP contribution in [0.2, 0.25) is 5.02 Å². The Hall–Kier alpha value is -2.99. The second kappa shape index (κ2) is 7.93. The average Bonchev–Trinajstić information content (AvgIpc) is 3.15. The van der Waals surface area contributed by atoms with E-state index < -0.39 is 0 Å². The van der Waals surface area contributed by atoms with Gasteiger partial charge >= 0.3 is 0 Å². The molecule has 1 aromatic heterocycles. The fourth-order valence-corrected chi connectivity index (χ4v) is 2.70. The molecule has 0 aliphatic heterocycles. The molecule has 0 aliphatic rings. The molecular formula is C19H18ClN3O3. The number of oxazole rings is 1. The molecule has 26 heavy (non-hydrogen) atoms. The van der Waals surface area contributed by atoms with E-state index in [1.807, 2.05) is 24.3 Å². The van der Waals surface area contributed by atoms with Gasteiger partial charge in [-0.05, 0) is 30.3 Å². The van der Waals surface area contributed by atoms with E-state index in [1.165, 1.54) is 0 Å². The van der Waals surface area contributed by atoms with Crippen molar-refractivity contribution in [2.45, 2.75) is 6.54 Å². The minimum Gasteiger partial charge on any atom is -0.496 e. The van der Waals surface area contributed by atoms with Gasteiger partial charge in [-0.3, -0.25) is 4.79 Å². The summed E-state index contributed by atoms with van der Waals surface area (Å²) < 4.78 is 11.1. The molecule has 2 aromatic carbocycles. The highest BCUT2D eigenvalue weighted by Gasteiger charge is 2.13. The van der Waals surface area contributed by atoms with Crippen molar-refractivity contribution in [2.24, 2.45) is 0 Å². The Bertz CT molecular complexity index is 924. The number of anilines is 1. The van der Waals surface area contributed by atoms with E-state index in [0.29, 0.717) is 40.2 Å². The van der Waals surface area contributed by atoms with Gasteiger partial charge in [0.1, 0.15) is 5.75 Å². The maximum Gasteiger partial charge on any atom is 0.253 e. The molecule has 1 heterocycles. The molecule has 7 heteroatoms. The monoisotopic (exact) mass is 371 g/mol. The molecular weight excluding hydrogens is 354 g/mol. The van der Waals surface area contributed by atoms with E-state index >= 15 is 0 Å². The van der Waals surface area contributed by atoms with Crippen LogP contribution in [0.15, 0.2) is 53.1 Å². The minimum absolute atomic E-state index is 0.225. The predicted octanol–water partition coefficient (Wildman–Crippen LogP) is 3.98. The van der Waals surface area contributed by atoms with Crippen LogP contribution in [0.1, 0.15) is 16.2 Å². The van der Waals surface area contributed by atoms with Crippen LogP contribution in [0.3, 0.4) is 0 Å². The number of carbonyl (C=O) groups excluding carboxylic acids is 1. The predicted molar refractivity (Wildman–Crippen MR) is 101 cm³/mol. The Kier molecular flexibility index (Phi) is 5.43. The topological polar surface area (TPSA) is 76.4 Å². The first-order valence-electron chi connectivity index (χ1n) is 7.96. The summed E-state index contributed by atoms with van der Waals surface area (Å²) in [5.41, 5.74) is 1.92. The molecule has 1 amide bonds. The SMILES string of the molecule is CNC(=O)c1cc(Cl)ccc1NCc1ncc(-c2ccccc2OC)o1. The van der Waals surface area contributed by atoms with E-state index in [2.05, 4.69) is 15.6 Å². The molecule has 0 spiro atoms. The van der Waals surface area contributed by atoms with Gasteiger partial charge in [0, 0.05) is 17.8 Å². The van der Waals surface area contributed by atoms with Gasteiger partial charge in [0.15, 0.2) is 5.76 Å². The average molecular weight is 372 g/mol. The summed E-state index contributed by atoms with van der Waals surface area (Å²) in [4.78, 5) is 16.3. The third-order valence-corrected chi connectivity index (χ3v) is 4.04. The molecule has 0 atom stereocenters. The van der Waals surface area contributed by atoms with Crippen LogP contribution in [-0.2, 0) is 6.54 Å². The molecule has 6 nitrogen and oxygen atoms in total. The Morgan fingerprint density at radius 3 is 2.85 bits per heavy atom. The maximum absolute atomic E-state index is 12.0. The lowest BCUT2D eigenvalue weighted by molar-refractivity contribution is 0.0964. The third kappa shape index (κ3) is 3.81. The van der Waals surface area contributed by atoms with Crippen molar-refractivity contribution in [3.63, 3.8) is 0 Å². The summed E-state index contributed by atoms with van der Waals surface area (Å²) in [6.07, 6.45) is 1.65. The quantitative estimate of drug-likeness (QED) is 0.685. The second-order valence-electron chi connectivity index (χ2n) is 5.44. The largest absolute Gasteiger partial charge is 0.496 e. The van der Waals surface area contributed by atoms with E-state index in [0.717, 1.165) is 5.56 Å². The van der Waals surface area contributed by atoms with Gasteiger partial charge in [-0.25, -0.2) is 4.98 Å². The lowest BCUT2D eigenvalue weighted by Gasteiger charge is -2.10. The lowest BCUT2D eigenvalue weighted by atomic mass is 10.1. The number of rotatable bonds is 6. The highest BCUT2D eigenvalue weighted by atomic mass is 35.5. The highest BCUT2D eigenvalue weighted by Crippen LogP contribution is 2.30. The Morgan fingerprint density at radius 1 is 1.27 bits per heavy atom. The molecule has 0 unspecified atom stereocenters. The van der Waals surface area contributed by atoms with Gasteiger partial charge < -0.3 is 19.8 Å². The van der Waals surface area contributed by atoms with Crippen molar-refractivity contribution < 1.29 is 13.9 Å². The first-order chi connectivity index (χ1) is 12.6. The first-order valence-corrected chi connectivity index (χ1v) is 8.33. The number of hydrogen-bond acceptors (Lipinski definition) is 5. The standard InChI is InChI=1S/C19H18ClN3O3/c1-21-19(24)14-9-12(20)7-8-15(14)22-11-18-23-10-17(26-18)13-5-3-4-6-16(13)25-2/h3-10,22H,11H2,1-2H3,(H,21,24). The maximum atomic E-state index is 12.0. The number of nitrogens with zero attached hydrogens (tertiary/aromatic N) is 1. The number of aromatic nitrogens is 1. The van der Waals surface area contributed by atoms with Crippen LogP contribution in [0.25, 0.3) is 11.3 Å². The fourth-order valence-electron chi connectivity index (χ4n) is 2.53. The molecule has 0 fully saturated rings. The summed E-state index contributed by atoms with van der Waals surface area (Å²) in [5, 5.41) is 6.24. The summed E-state index contributed by atoms with van der Waals surface area (Å²) in [6, 6.07) is 12.6. The number of methoxy groups -OCH3 is 1. The van der Waals surface area contributed by atoms with Gasteiger partial charge in [0.05, 0.1) is 31.0 Å². The lowest BCUT2D eigenvalue weighted by Crippen LogP contribution is -2.19. The van der Waals surface area contributed by atoms with Crippen molar-refractivity contribution in [3.8, 4) is 17.1 Å². The van der Waals surface area contributed by atoms with E-state index in [9.17, 15) is 4.79 Å². The van der Waals surface area contributed by atoms with Crippen molar-refractivity contribution in [2.75, 3.05) is 19.5 Å².